The summed E-state index contributed by atoms with van der Waals surface area (Å²) in [5.74, 6) is 0.966. The van der Waals surface area contributed by atoms with E-state index in [0.29, 0.717) is 29.2 Å². The van der Waals surface area contributed by atoms with Gasteiger partial charge >= 0.3 is 0 Å². The van der Waals surface area contributed by atoms with Crippen molar-refractivity contribution in [1.29, 1.82) is 0 Å². The largest absolute Gasteiger partial charge is 0.334 e. The SMILES string of the molecule is CNC(C)Cc1noc(-c2cc(=O)[nH]c3c(Br)cccc23)n1.Cl. The molecule has 6 nitrogen and oxygen atoms in total. The molecule has 0 aliphatic rings. The smallest absolute Gasteiger partial charge is 0.258 e. The number of likely N-dealkylation sites (N-methyl/N-ethyl adjacent to an activating group) is 1. The highest BCUT2D eigenvalue weighted by Crippen LogP contribution is 2.29. The van der Waals surface area contributed by atoms with Gasteiger partial charge in [0.05, 0.1) is 11.1 Å². The lowest BCUT2D eigenvalue weighted by Gasteiger charge is -2.05. The highest BCUT2D eigenvalue weighted by atomic mass is 79.9. The molecule has 3 rings (SSSR count). The lowest BCUT2D eigenvalue weighted by Crippen LogP contribution is -2.24. The van der Waals surface area contributed by atoms with E-state index in [1.54, 1.807) is 0 Å². The van der Waals surface area contributed by atoms with Crippen molar-refractivity contribution in [3.05, 3.63) is 44.9 Å². The van der Waals surface area contributed by atoms with Crippen LogP contribution in [0.5, 0.6) is 0 Å². The first kappa shape index (κ1) is 17.7. The number of halogens is 2. The summed E-state index contributed by atoms with van der Waals surface area (Å²) in [5.41, 5.74) is 1.14. The summed E-state index contributed by atoms with van der Waals surface area (Å²) >= 11 is 3.44. The molecule has 23 heavy (non-hydrogen) atoms. The molecule has 0 saturated heterocycles. The van der Waals surface area contributed by atoms with Gasteiger partial charge in [-0.25, -0.2) is 0 Å². The van der Waals surface area contributed by atoms with Crippen LogP contribution in [0.1, 0.15) is 12.7 Å². The van der Waals surface area contributed by atoms with E-state index in [9.17, 15) is 4.79 Å². The molecule has 0 bridgehead atoms. The van der Waals surface area contributed by atoms with Crippen molar-refractivity contribution < 1.29 is 4.52 Å². The zero-order chi connectivity index (χ0) is 15.7. The summed E-state index contributed by atoms with van der Waals surface area (Å²) in [6, 6.07) is 7.40. The second-order valence-corrected chi connectivity index (χ2v) is 5.97. The molecule has 2 heterocycles. The molecule has 0 saturated carbocycles. The van der Waals surface area contributed by atoms with Gasteiger partial charge in [-0.05, 0) is 36.0 Å². The molecule has 2 aromatic heterocycles. The Kier molecular flexibility index (Phi) is 5.56. The molecule has 1 aromatic carbocycles. The Bertz CT molecular complexity index is 877. The van der Waals surface area contributed by atoms with Gasteiger partial charge in [0.15, 0.2) is 5.82 Å². The van der Waals surface area contributed by atoms with Gasteiger partial charge in [0.1, 0.15) is 0 Å². The number of H-pyrrole nitrogens is 1. The Morgan fingerprint density at radius 2 is 2.22 bits per heavy atom. The van der Waals surface area contributed by atoms with Crippen molar-refractivity contribution >= 4 is 39.2 Å². The van der Waals surface area contributed by atoms with E-state index in [4.69, 9.17) is 4.52 Å². The van der Waals surface area contributed by atoms with Gasteiger partial charge in [0.2, 0.25) is 5.56 Å². The quantitative estimate of drug-likeness (QED) is 0.705. The van der Waals surface area contributed by atoms with E-state index in [0.717, 1.165) is 9.86 Å². The molecule has 0 fully saturated rings. The minimum Gasteiger partial charge on any atom is -0.334 e. The molecule has 3 aromatic rings. The van der Waals surface area contributed by atoms with Crippen LogP contribution in [-0.4, -0.2) is 28.2 Å². The number of aromatic nitrogens is 3. The molecule has 122 valence electrons. The number of benzene rings is 1. The fourth-order valence-electron chi connectivity index (χ4n) is 2.24. The summed E-state index contributed by atoms with van der Waals surface area (Å²) in [6.07, 6.45) is 0.658. The third kappa shape index (κ3) is 3.63. The van der Waals surface area contributed by atoms with E-state index in [2.05, 4.69) is 36.4 Å². The van der Waals surface area contributed by atoms with Crippen molar-refractivity contribution in [2.75, 3.05) is 7.05 Å². The Morgan fingerprint density at radius 3 is 2.96 bits per heavy atom. The standard InChI is InChI=1S/C15H15BrN4O2.ClH/c1-8(17-2)6-12-18-15(22-20-12)10-7-13(21)19-14-9(10)4-3-5-11(14)16;/h3-5,7-8,17H,6H2,1-2H3,(H,19,21);1H. The highest BCUT2D eigenvalue weighted by molar-refractivity contribution is 9.10. The van der Waals surface area contributed by atoms with Crippen molar-refractivity contribution in [1.82, 2.24) is 20.4 Å². The van der Waals surface area contributed by atoms with Gasteiger partial charge in [-0.1, -0.05) is 17.3 Å². The second kappa shape index (κ2) is 7.25. The topological polar surface area (TPSA) is 83.8 Å². The third-order valence-corrected chi connectivity index (χ3v) is 4.17. The van der Waals surface area contributed by atoms with Crippen LogP contribution < -0.4 is 10.9 Å². The van der Waals surface area contributed by atoms with Crippen LogP contribution in [0.2, 0.25) is 0 Å². The van der Waals surface area contributed by atoms with Crippen LogP contribution in [0.4, 0.5) is 0 Å². The molecule has 0 radical (unpaired) electrons. The molecular weight excluding hydrogens is 384 g/mol. The van der Waals surface area contributed by atoms with Crippen molar-refractivity contribution in [3.8, 4) is 11.5 Å². The van der Waals surface area contributed by atoms with Crippen LogP contribution >= 0.6 is 28.3 Å². The normalized spacial score (nSPS) is 12.1. The number of nitrogens with zero attached hydrogens (tertiary/aromatic N) is 2. The van der Waals surface area contributed by atoms with E-state index in [1.807, 2.05) is 32.2 Å². The summed E-state index contributed by atoms with van der Waals surface area (Å²) in [6.45, 7) is 2.04. The van der Waals surface area contributed by atoms with Crippen LogP contribution in [0.15, 0.2) is 38.1 Å². The number of para-hydroxylation sites is 1. The number of pyridine rings is 1. The first-order valence-electron chi connectivity index (χ1n) is 6.90. The molecule has 0 amide bonds. The van der Waals surface area contributed by atoms with Crippen molar-refractivity contribution in [2.24, 2.45) is 0 Å². The van der Waals surface area contributed by atoms with Gasteiger partial charge in [0.25, 0.3) is 5.89 Å². The predicted octanol–water partition coefficient (Wildman–Crippen LogP) is 2.91. The second-order valence-electron chi connectivity index (χ2n) is 5.12. The lowest BCUT2D eigenvalue weighted by atomic mass is 10.1. The molecule has 1 atom stereocenters. The number of fused-ring (bicyclic) bond motifs is 1. The summed E-state index contributed by atoms with van der Waals surface area (Å²) < 4.78 is 6.15. The maximum Gasteiger partial charge on any atom is 0.258 e. The van der Waals surface area contributed by atoms with Gasteiger partial charge in [0, 0.05) is 28.4 Å². The van der Waals surface area contributed by atoms with Crippen LogP contribution in [0.3, 0.4) is 0 Å². The molecule has 1 unspecified atom stereocenters. The van der Waals surface area contributed by atoms with Gasteiger partial charge < -0.3 is 14.8 Å². The molecule has 8 heteroatoms. The average Bonchev–Trinajstić information content (AvgIpc) is 2.95. The zero-order valence-corrected chi connectivity index (χ0v) is 15.0. The first-order valence-corrected chi connectivity index (χ1v) is 7.69. The van der Waals surface area contributed by atoms with E-state index < -0.39 is 0 Å². The molecule has 0 aliphatic heterocycles. The number of aromatic amines is 1. The fraction of sp³-hybridized carbons (Fsp3) is 0.267. The predicted molar refractivity (Wildman–Crippen MR) is 95.0 cm³/mol. The monoisotopic (exact) mass is 398 g/mol. The minimum atomic E-state index is -0.210. The van der Waals surface area contributed by atoms with Gasteiger partial charge in [-0.2, -0.15) is 4.98 Å². The average molecular weight is 400 g/mol. The molecular formula is C15H16BrClN4O2. The molecule has 0 aliphatic carbocycles. The van der Waals surface area contributed by atoms with Crippen LogP contribution in [0.25, 0.3) is 22.4 Å². The van der Waals surface area contributed by atoms with Crippen LogP contribution in [0, 0.1) is 0 Å². The van der Waals surface area contributed by atoms with E-state index >= 15 is 0 Å². The maximum atomic E-state index is 11.9. The van der Waals surface area contributed by atoms with Gasteiger partial charge in [-0.15, -0.1) is 12.4 Å². The lowest BCUT2D eigenvalue weighted by molar-refractivity contribution is 0.418. The summed E-state index contributed by atoms with van der Waals surface area (Å²) in [7, 11) is 1.88. The zero-order valence-electron chi connectivity index (χ0n) is 12.6. The Morgan fingerprint density at radius 1 is 1.43 bits per heavy atom. The minimum absolute atomic E-state index is 0. The van der Waals surface area contributed by atoms with Crippen molar-refractivity contribution in [2.45, 2.75) is 19.4 Å². The van der Waals surface area contributed by atoms with Crippen LogP contribution in [-0.2, 0) is 6.42 Å². The Balaban J connectivity index is 0.00000192. The van der Waals surface area contributed by atoms with Gasteiger partial charge in [-0.3, -0.25) is 4.79 Å². The van der Waals surface area contributed by atoms with E-state index in [1.165, 1.54) is 6.07 Å². The maximum absolute atomic E-state index is 11.9. The number of hydrogen-bond acceptors (Lipinski definition) is 5. The summed E-state index contributed by atoms with van der Waals surface area (Å²) in [4.78, 5) is 19.1. The highest BCUT2D eigenvalue weighted by Gasteiger charge is 2.15. The molecule has 2 N–H and O–H groups in total. The first-order chi connectivity index (χ1) is 10.6. The fourth-order valence-corrected chi connectivity index (χ4v) is 2.71. The molecule has 0 spiro atoms. The Labute approximate surface area is 147 Å². The Hall–Kier alpha value is -1.70. The number of hydrogen-bond donors (Lipinski definition) is 2. The number of rotatable bonds is 4. The van der Waals surface area contributed by atoms with E-state index in [-0.39, 0.29) is 24.0 Å². The summed E-state index contributed by atoms with van der Waals surface area (Å²) in [5, 5.41) is 7.97. The third-order valence-electron chi connectivity index (χ3n) is 3.51. The van der Waals surface area contributed by atoms with Crippen molar-refractivity contribution in [3.63, 3.8) is 0 Å². The number of nitrogens with one attached hydrogen (secondary N) is 2.